The van der Waals surface area contributed by atoms with Crippen molar-refractivity contribution in [3.63, 3.8) is 0 Å². The number of para-hydroxylation sites is 1. The monoisotopic (exact) mass is 501 g/mol. The minimum atomic E-state index is -0.359. The van der Waals surface area contributed by atoms with Gasteiger partial charge in [0.1, 0.15) is 11.3 Å². The normalized spacial score (nSPS) is 10.9. The number of halogens is 1. The van der Waals surface area contributed by atoms with E-state index in [2.05, 4.69) is 15.6 Å². The summed E-state index contributed by atoms with van der Waals surface area (Å²) in [4.78, 5) is 17.4. The Morgan fingerprint density at radius 3 is 2.63 bits per heavy atom. The molecule has 2 N–H and O–H groups in total. The van der Waals surface area contributed by atoms with Crippen molar-refractivity contribution in [3.8, 4) is 17.2 Å². The summed E-state index contributed by atoms with van der Waals surface area (Å²) >= 11 is 11.7. The number of ether oxygens (including phenoxy) is 1. The van der Waals surface area contributed by atoms with E-state index in [0.717, 1.165) is 21.9 Å². The Kier molecular flexibility index (Phi) is 6.11. The highest BCUT2D eigenvalue weighted by Gasteiger charge is 2.16. The Hall–Kier alpha value is -3.94. The van der Waals surface area contributed by atoms with Gasteiger partial charge in [0.25, 0.3) is 5.91 Å². The average molecular weight is 502 g/mol. The van der Waals surface area contributed by atoms with E-state index in [9.17, 15) is 4.79 Å². The Morgan fingerprint density at radius 2 is 1.80 bits per heavy atom. The number of carbonyl (C=O) groups is 1. The predicted octanol–water partition coefficient (Wildman–Crippen LogP) is 6.75. The van der Waals surface area contributed by atoms with Gasteiger partial charge in [0.2, 0.25) is 5.89 Å². The van der Waals surface area contributed by atoms with Crippen LogP contribution in [0.3, 0.4) is 0 Å². The number of benzene rings is 4. The Bertz CT molecular complexity index is 1610. The lowest BCUT2D eigenvalue weighted by molar-refractivity contribution is 0.0974. The smallest absolute Gasteiger partial charge is 0.261 e. The molecule has 0 fully saturated rings. The van der Waals surface area contributed by atoms with E-state index in [1.165, 1.54) is 7.11 Å². The molecular weight excluding hydrogens is 482 g/mol. The molecule has 1 aromatic heterocycles. The van der Waals surface area contributed by atoms with Gasteiger partial charge in [-0.15, -0.1) is 0 Å². The summed E-state index contributed by atoms with van der Waals surface area (Å²) < 4.78 is 11.4. The van der Waals surface area contributed by atoms with Crippen molar-refractivity contribution in [2.45, 2.75) is 6.92 Å². The van der Waals surface area contributed by atoms with Gasteiger partial charge in [0.05, 0.1) is 12.7 Å². The summed E-state index contributed by atoms with van der Waals surface area (Å²) in [6.45, 7) is 1.88. The quantitative estimate of drug-likeness (QED) is 0.265. The summed E-state index contributed by atoms with van der Waals surface area (Å²) in [7, 11) is 1.53. The van der Waals surface area contributed by atoms with Crippen LogP contribution in [0.15, 0.2) is 77.2 Å². The first-order chi connectivity index (χ1) is 16.9. The molecule has 5 rings (SSSR count). The second-order valence-electron chi connectivity index (χ2n) is 7.91. The lowest BCUT2D eigenvalue weighted by atomic mass is 10.0. The van der Waals surface area contributed by atoms with Gasteiger partial charge in [-0.3, -0.25) is 10.1 Å². The summed E-state index contributed by atoms with van der Waals surface area (Å²) in [6, 6.07) is 22.4. The molecule has 8 heteroatoms. The highest BCUT2D eigenvalue weighted by molar-refractivity contribution is 7.80. The van der Waals surface area contributed by atoms with Crippen LogP contribution in [0, 0.1) is 6.92 Å². The Labute approximate surface area is 211 Å². The number of nitrogens with zero attached hydrogens (tertiary/aromatic N) is 1. The van der Waals surface area contributed by atoms with E-state index in [1.54, 1.807) is 18.2 Å². The molecule has 35 heavy (non-hydrogen) atoms. The lowest BCUT2D eigenvalue weighted by Gasteiger charge is -2.13. The van der Waals surface area contributed by atoms with Gasteiger partial charge < -0.3 is 14.5 Å². The lowest BCUT2D eigenvalue weighted by Crippen LogP contribution is -2.34. The van der Waals surface area contributed by atoms with E-state index in [-0.39, 0.29) is 11.0 Å². The maximum atomic E-state index is 12.7. The van der Waals surface area contributed by atoms with Gasteiger partial charge in [-0.2, -0.15) is 0 Å². The fraction of sp³-hybridized carbons (Fsp3) is 0.0741. The molecule has 1 amide bonds. The maximum absolute atomic E-state index is 12.7. The van der Waals surface area contributed by atoms with Crippen molar-refractivity contribution in [1.82, 2.24) is 10.3 Å². The zero-order chi connectivity index (χ0) is 24.5. The third kappa shape index (κ3) is 4.43. The predicted molar refractivity (Wildman–Crippen MR) is 143 cm³/mol. The molecule has 0 bridgehead atoms. The summed E-state index contributed by atoms with van der Waals surface area (Å²) in [5.41, 5.74) is 4.07. The minimum absolute atomic E-state index is 0.158. The molecule has 1 heterocycles. The summed E-state index contributed by atoms with van der Waals surface area (Å²) in [6.07, 6.45) is 0. The molecule has 6 nitrogen and oxygen atoms in total. The summed E-state index contributed by atoms with van der Waals surface area (Å²) in [5.74, 6) is 0.647. The van der Waals surface area contributed by atoms with Gasteiger partial charge in [0, 0.05) is 21.7 Å². The number of carbonyl (C=O) groups excluding carboxylic acids is 1. The number of thiocarbonyl (C=S) groups is 1. The number of anilines is 1. The van der Waals surface area contributed by atoms with Gasteiger partial charge in [-0.1, -0.05) is 48.0 Å². The number of nitrogens with one attached hydrogen (secondary N) is 2. The van der Waals surface area contributed by atoms with Crippen LogP contribution in [0.5, 0.6) is 5.75 Å². The molecule has 5 aromatic rings. The highest BCUT2D eigenvalue weighted by Crippen LogP contribution is 2.34. The van der Waals surface area contributed by atoms with Crippen molar-refractivity contribution in [2.24, 2.45) is 0 Å². The zero-order valence-corrected chi connectivity index (χ0v) is 20.5. The molecule has 0 aliphatic rings. The standard InChI is InChI=1S/C27H20ClN3O3S/c1-15-6-3-10-20(24(15)33-2)25(32)31-27(35)29-16-12-13-23-22(14-16)30-26(34-23)19-9-4-8-18-17(19)7-5-11-21(18)28/h3-14H,1-2H3,(H2,29,31,32,35). The largest absolute Gasteiger partial charge is 0.496 e. The van der Waals surface area contributed by atoms with Crippen LogP contribution < -0.4 is 15.4 Å². The Balaban J connectivity index is 1.38. The number of aromatic nitrogens is 1. The fourth-order valence-electron chi connectivity index (χ4n) is 4.01. The van der Waals surface area contributed by atoms with Crippen LogP contribution in [-0.4, -0.2) is 23.1 Å². The molecule has 0 aliphatic carbocycles. The van der Waals surface area contributed by atoms with Crippen LogP contribution in [0.25, 0.3) is 33.3 Å². The van der Waals surface area contributed by atoms with Gasteiger partial charge >= 0.3 is 0 Å². The van der Waals surface area contributed by atoms with E-state index in [1.807, 2.05) is 61.5 Å². The average Bonchev–Trinajstić information content (AvgIpc) is 3.27. The second kappa shape index (κ2) is 9.37. The van der Waals surface area contributed by atoms with Crippen molar-refractivity contribution < 1.29 is 13.9 Å². The van der Waals surface area contributed by atoms with Crippen LogP contribution >= 0.6 is 23.8 Å². The van der Waals surface area contributed by atoms with Crippen molar-refractivity contribution >= 4 is 62.4 Å². The highest BCUT2D eigenvalue weighted by atomic mass is 35.5. The molecule has 0 spiro atoms. The number of hydrogen-bond acceptors (Lipinski definition) is 5. The number of fused-ring (bicyclic) bond motifs is 2. The second-order valence-corrected chi connectivity index (χ2v) is 8.72. The molecule has 0 unspecified atom stereocenters. The van der Waals surface area contributed by atoms with Crippen LogP contribution in [0.2, 0.25) is 5.02 Å². The first-order valence-electron chi connectivity index (χ1n) is 10.8. The van der Waals surface area contributed by atoms with Crippen molar-refractivity contribution in [2.75, 3.05) is 12.4 Å². The molecule has 0 radical (unpaired) electrons. The number of rotatable bonds is 4. The molecule has 0 aliphatic heterocycles. The number of amides is 1. The van der Waals surface area contributed by atoms with Gasteiger partial charge in [0.15, 0.2) is 10.7 Å². The van der Waals surface area contributed by atoms with Crippen molar-refractivity contribution in [1.29, 1.82) is 0 Å². The fourth-order valence-corrected chi connectivity index (χ4v) is 4.46. The molecule has 0 atom stereocenters. The minimum Gasteiger partial charge on any atom is -0.496 e. The summed E-state index contributed by atoms with van der Waals surface area (Å²) in [5, 5.41) is 8.45. The molecule has 4 aromatic carbocycles. The third-order valence-electron chi connectivity index (χ3n) is 5.63. The Morgan fingerprint density at radius 1 is 1.03 bits per heavy atom. The van der Waals surface area contributed by atoms with Crippen molar-refractivity contribution in [3.05, 3.63) is 88.9 Å². The molecule has 0 saturated heterocycles. The zero-order valence-electron chi connectivity index (χ0n) is 18.9. The molecule has 0 saturated carbocycles. The van der Waals surface area contributed by atoms with Gasteiger partial charge in [-0.05, 0) is 66.5 Å². The number of aryl methyl sites for hydroxylation is 1. The SMILES string of the molecule is COc1c(C)cccc1C(=O)NC(=S)Nc1ccc2oc(-c3cccc4c(Cl)cccc34)nc2c1. The van der Waals surface area contributed by atoms with E-state index < -0.39 is 0 Å². The van der Waals surface area contributed by atoms with Crippen LogP contribution in [0.1, 0.15) is 15.9 Å². The molecular formula is C27H20ClN3O3S. The van der Waals surface area contributed by atoms with Crippen LogP contribution in [-0.2, 0) is 0 Å². The van der Waals surface area contributed by atoms with E-state index in [0.29, 0.717) is 39.0 Å². The third-order valence-corrected chi connectivity index (χ3v) is 6.17. The first-order valence-corrected chi connectivity index (χ1v) is 11.6. The number of methoxy groups -OCH3 is 1. The first kappa shape index (κ1) is 22.8. The molecule has 174 valence electrons. The van der Waals surface area contributed by atoms with E-state index in [4.69, 9.17) is 33.0 Å². The van der Waals surface area contributed by atoms with E-state index >= 15 is 0 Å². The number of oxazole rings is 1. The van der Waals surface area contributed by atoms with Crippen LogP contribution in [0.4, 0.5) is 5.69 Å². The topological polar surface area (TPSA) is 76.4 Å². The number of hydrogen-bond donors (Lipinski definition) is 2. The van der Waals surface area contributed by atoms with Gasteiger partial charge in [-0.25, -0.2) is 4.98 Å². The maximum Gasteiger partial charge on any atom is 0.261 e.